The van der Waals surface area contributed by atoms with E-state index < -0.39 is 24.8 Å². The maximum atomic E-state index is 11.9. The van der Waals surface area contributed by atoms with Crippen LogP contribution in [0.3, 0.4) is 0 Å². The third kappa shape index (κ3) is 5.93. The summed E-state index contributed by atoms with van der Waals surface area (Å²) in [7, 11) is 1.29. The predicted molar refractivity (Wildman–Crippen MR) is 74.6 cm³/mol. The molecule has 2 unspecified atom stereocenters. The molecule has 0 heterocycles. The van der Waals surface area contributed by atoms with Crippen LogP contribution in [0.4, 0.5) is 0 Å². The van der Waals surface area contributed by atoms with Crippen molar-refractivity contribution >= 4 is 11.9 Å². The molecule has 0 aliphatic heterocycles. The summed E-state index contributed by atoms with van der Waals surface area (Å²) in [6.07, 6.45) is -1.25. The van der Waals surface area contributed by atoms with E-state index in [9.17, 15) is 14.7 Å². The van der Waals surface area contributed by atoms with Crippen molar-refractivity contribution in [3.63, 3.8) is 0 Å². The molecule has 21 heavy (non-hydrogen) atoms. The molecule has 0 bridgehead atoms. The van der Waals surface area contributed by atoms with Crippen LogP contribution in [0.25, 0.3) is 0 Å². The second-order valence-electron chi connectivity index (χ2n) is 4.53. The highest BCUT2D eigenvalue weighted by molar-refractivity contribution is 5.89. The van der Waals surface area contributed by atoms with E-state index in [1.807, 2.05) is 0 Å². The number of ether oxygens (including phenoxy) is 2. The molecule has 0 aromatic heterocycles. The fourth-order valence-corrected chi connectivity index (χ4v) is 1.78. The van der Waals surface area contributed by atoms with E-state index in [1.165, 1.54) is 7.11 Å². The van der Waals surface area contributed by atoms with Gasteiger partial charge in [0.25, 0.3) is 0 Å². The minimum Gasteiger partial charge on any atom is -0.469 e. The van der Waals surface area contributed by atoms with Crippen molar-refractivity contribution in [1.29, 1.82) is 0 Å². The molecule has 0 aliphatic rings. The zero-order valence-electron chi connectivity index (χ0n) is 11.9. The molecule has 0 fully saturated rings. The van der Waals surface area contributed by atoms with Crippen LogP contribution in [0.15, 0.2) is 30.3 Å². The largest absolute Gasteiger partial charge is 0.469 e. The van der Waals surface area contributed by atoms with E-state index in [2.05, 4.69) is 4.74 Å². The van der Waals surface area contributed by atoms with Crippen molar-refractivity contribution in [3.05, 3.63) is 35.9 Å². The Balaban J connectivity index is 2.57. The van der Waals surface area contributed by atoms with Gasteiger partial charge in [-0.25, -0.2) is 4.79 Å². The van der Waals surface area contributed by atoms with Gasteiger partial charge in [-0.1, -0.05) is 18.2 Å². The van der Waals surface area contributed by atoms with Crippen LogP contribution in [0.5, 0.6) is 0 Å². The lowest BCUT2D eigenvalue weighted by molar-refractivity contribution is -0.140. The van der Waals surface area contributed by atoms with Gasteiger partial charge in [-0.15, -0.1) is 0 Å². The summed E-state index contributed by atoms with van der Waals surface area (Å²) < 4.78 is 9.71. The Kier molecular flexibility index (Phi) is 7.42. The first kappa shape index (κ1) is 17.1. The molecule has 6 nitrogen and oxygen atoms in total. The van der Waals surface area contributed by atoms with Crippen LogP contribution >= 0.6 is 0 Å². The van der Waals surface area contributed by atoms with Gasteiger partial charge in [0, 0.05) is 6.42 Å². The molecular weight excluding hydrogens is 276 g/mol. The summed E-state index contributed by atoms with van der Waals surface area (Å²) in [5, 5.41) is 18.7. The average Bonchev–Trinajstić information content (AvgIpc) is 2.53. The molecule has 0 spiro atoms. The van der Waals surface area contributed by atoms with Crippen LogP contribution in [0.2, 0.25) is 0 Å². The SMILES string of the molecule is COC(=O)CCCC(OC(=O)c1ccccc1)C(O)CO. The van der Waals surface area contributed by atoms with Crippen LogP contribution in [-0.4, -0.2) is 48.1 Å². The number of aliphatic hydroxyl groups is 2. The number of rotatable bonds is 8. The van der Waals surface area contributed by atoms with Crippen molar-refractivity contribution in [3.8, 4) is 0 Å². The average molecular weight is 296 g/mol. The van der Waals surface area contributed by atoms with Gasteiger partial charge in [-0.2, -0.15) is 0 Å². The van der Waals surface area contributed by atoms with Gasteiger partial charge in [0.2, 0.25) is 0 Å². The van der Waals surface area contributed by atoms with Gasteiger partial charge in [0.15, 0.2) is 0 Å². The lowest BCUT2D eigenvalue weighted by Crippen LogP contribution is -2.34. The van der Waals surface area contributed by atoms with E-state index in [0.717, 1.165) is 0 Å². The maximum Gasteiger partial charge on any atom is 0.338 e. The smallest absolute Gasteiger partial charge is 0.338 e. The molecule has 0 saturated carbocycles. The van der Waals surface area contributed by atoms with E-state index in [0.29, 0.717) is 12.0 Å². The molecule has 1 aromatic rings. The van der Waals surface area contributed by atoms with Crippen LogP contribution in [-0.2, 0) is 14.3 Å². The zero-order chi connectivity index (χ0) is 15.7. The first-order valence-electron chi connectivity index (χ1n) is 6.70. The Bertz CT molecular complexity index is 445. The molecule has 6 heteroatoms. The van der Waals surface area contributed by atoms with Crippen molar-refractivity contribution in [2.24, 2.45) is 0 Å². The van der Waals surface area contributed by atoms with E-state index in [1.54, 1.807) is 30.3 Å². The van der Waals surface area contributed by atoms with Crippen molar-refractivity contribution in [1.82, 2.24) is 0 Å². The van der Waals surface area contributed by atoms with Gasteiger partial charge in [0.05, 0.1) is 19.3 Å². The number of hydrogen-bond donors (Lipinski definition) is 2. The van der Waals surface area contributed by atoms with Crippen molar-refractivity contribution < 1.29 is 29.3 Å². The second kappa shape index (κ2) is 9.10. The van der Waals surface area contributed by atoms with E-state index in [-0.39, 0.29) is 18.8 Å². The molecule has 0 radical (unpaired) electrons. The molecule has 2 atom stereocenters. The molecule has 2 N–H and O–H groups in total. The Morgan fingerprint density at radius 3 is 2.48 bits per heavy atom. The van der Waals surface area contributed by atoms with Crippen LogP contribution < -0.4 is 0 Å². The molecule has 0 aliphatic carbocycles. The summed E-state index contributed by atoms with van der Waals surface area (Å²) in [6, 6.07) is 8.36. The third-order valence-corrected chi connectivity index (χ3v) is 2.98. The maximum absolute atomic E-state index is 11.9. The summed E-state index contributed by atoms with van der Waals surface area (Å²) in [5.41, 5.74) is 0.362. The number of carbonyl (C=O) groups is 2. The Morgan fingerprint density at radius 2 is 1.90 bits per heavy atom. The fourth-order valence-electron chi connectivity index (χ4n) is 1.78. The highest BCUT2D eigenvalue weighted by atomic mass is 16.6. The Hall–Kier alpha value is -1.92. The minimum absolute atomic E-state index is 0.161. The van der Waals surface area contributed by atoms with Gasteiger partial charge in [0.1, 0.15) is 12.2 Å². The number of hydrogen-bond acceptors (Lipinski definition) is 6. The molecular formula is C15H20O6. The highest BCUT2D eigenvalue weighted by Gasteiger charge is 2.23. The molecule has 0 saturated heterocycles. The molecule has 1 rings (SSSR count). The monoisotopic (exact) mass is 296 g/mol. The summed E-state index contributed by atoms with van der Waals surface area (Å²) >= 11 is 0. The number of esters is 2. The summed E-state index contributed by atoms with van der Waals surface area (Å²) in [6.45, 7) is -0.523. The van der Waals surface area contributed by atoms with Gasteiger partial charge in [-0.05, 0) is 25.0 Å². The zero-order valence-corrected chi connectivity index (χ0v) is 11.9. The lowest BCUT2D eigenvalue weighted by atomic mass is 10.1. The number of carbonyl (C=O) groups excluding carboxylic acids is 2. The first-order valence-corrected chi connectivity index (χ1v) is 6.70. The predicted octanol–water partition coefficient (Wildman–Crippen LogP) is 0.908. The first-order chi connectivity index (χ1) is 10.1. The Morgan fingerprint density at radius 1 is 1.24 bits per heavy atom. The van der Waals surface area contributed by atoms with Gasteiger partial charge < -0.3 is 19.7 Å². The van der Waals surface area contributed by atoms with Gasteiger partial charge in [-0.3, -0.25) is 4.79 Å². The normalized spacial score (nSPS) is 13.3. The number of aliphatic hydroxyl groups excluding tert-OH is 2. The molecule has 0 amide bonds. The Labute approximate surface area is 123 Å². The quantitative estimate of drug-likeness (QED) is 0.693. The van der Waals surface area contributed by atoms with Crippen molar-refractivity contribution in [2.75, 3.05) is 13.7 Å². The van der Waals surface area contributed by atoms with Crippen LogP contribution in [0, 0.1) is 0 Å². The molecule has 1 aromatic carbocycles. The highest BCUT2D eigenvalue weighted by Crippen LogP contribution is 2.13. The third-order valence-electron chi connectivity index (χ3n) is 2.98. The van der Waals surface area contributed by atoms with Crippen molar-refractivity contribution in [2.45, 2.75) is 31.5 Å². The second-order valence-corrected chi connectivity index (χ2v) is 4.53. The standard InChI is InChI=1S/C15H20O6/c1-20-14(18)9-5-8-13(12(17)10-16)21-15(19)11-6-3-2-4-7-11/h2-4,6-7,12-13,16-17H,5,8-10H2,1H3. The van der Waals surface area contributed by atoms with E-state index in [4.69, 9.17) is 9.84 Å². The summed E-state index contributed by atoms with van der Waals surface area (Å²) in [5.74, 6) is -0.951. The number of benzene rings is 1. The fraction of sp³-hybridized carbons (Fsp3) is 0.467. The lowest BCUT2D eigenvalue weighted by Gasteiger charge is -2.21. The molecule has 116 valence electrons. The van der Waals surface area contributed by atoms with E-state index >= 15 is 0 Å². The topological polar surface area (TPSA) is 93.1 Å². The van der Waals surface area contributed by atoms with Gasteiger partial charge >= 0.3 is 11.9 Å². The van der Waals surface area contributed by atoms with Crippen LogP contribution in [0.1, 0.15) is 29.6 Å². The number of methoxy groups -OCH3 is 1. The summed E-state index contributed by atoms with van der Waals surface area (Å²) in [4.78, 5) is 23.0. The minimum atomic E-state index is -1.18.